The highest BCUT2D eigenvalue weighted by Crippen LogP contribution is 2.21. The minimum absolute atomic E-state index is 0.104. The monoisotopic (exact) mass is 361 g/mol. The van der Waals surface area contributed by atoms with Crippen molar-refractivity contribution in [2.24, 2.45) is 0 Å². The number of nitrogens with zero attached hydrogens (tertiary/aromatic N) is 4. The molecule has 0 aliphatic carbocycles. The fourth-order valence-electron chi connectivity index (χ4n) is 2.59. The number of rotatable bonds is 5. The number of amides is 1. The molecule has 0 bridgehead atoms. The number of para-hydroxylation sites is 1. The number of carbonyl (C=O) groups excluding carboxylic acids is 1. The zero-order valence-electron chi connectivity index (χ0n) is 13.7. The Morgan fingerprint density at radius 3 is 2.58 bits per heavy atom. The SMILES string of the molecule is O=C(CSc1nnnn1-c1ccccc1)Nc1ccc2ccccc2c1. The summed E-state index contributed by atoms with van der Waals surface area (Å²) in [7, 11) is 0. The van der Waals surface area contributed by atoms with E-state index in [1.807, 2.05) is 72.8 Å². The van der Waals surface area contributed by atoms with Crippen LogP contribution >= 0.6 is 11.8 Å². The molecule has 0 saturated heterocycles. The van der Waals surface area contributed by atoms with Crippen molar-refractivity contribution in [3.05, 3.63) is 72.8 Å². The van der Waals surface area contributed by atoms with Crippen LogP contribution in [0, 0.1) is 0 Å². The van der Waals surface area contributed by atoms with E-state index in [0.717, 1.165) is 22.1 Å². The van der Waals surface area contributed by atoms with E-state index < -0.39 is 0 Å². The van der Waals surface area contributed by atoms with Gasteiger partial charge in [0.1, 0.15) is 0 Å². The fourth-order valence-corrected chi connectivity index (χ4v) is 3.29. The predicted molar refractivity (Wildman–Crippen MR) is 102 cm³/mol. The van der Waals surface area contributed by atoms with Gasteiger partial charge in [-0.25, -0.2) is 0 Å². The van der Waals surface area contributed by atoms with Gasteiger partial charge < -0.3 is 5.32 Å². The number of hydrogen-bond acceptors (Lipinski definition) is 5. The van der Waals surface area contributed by atoms with E-state index >= 15 is 0 Å². The summed E-state index contributed by atoms with van der Waals surface area (Å²) in [4.78, 5) is 12.3. The summed E-state index contributed by atoms with van der Waals surface area (Å²) in [6.07, 6.45) is 0. The van der Waals surface area contributed by atoms with E-state index in [9.17, 15) is 4.79 Å². The fraction of sp³-hybridized carbons (Fsp3) is 0.0526. The van der Waals surface area contributed by atoms with Gasteiger partial charge in [-0.05, 0) is 45.5 Å². The first-order chi connectivity index (χ1) is 12.8. The van der Waals surface area contributed by atoms with Gasteiger partial charge in [-0.3, -0.25) is 4.79 Å². The van der Waals surface area contributed by atoms with Gasteiger partial charge in [0.25, 0.3) is 0 Å². The predicted octanol–water partition coefficient (Wildman–Crippen LogP) is 3.55. The normalized spacial score (nSPS) is 10.8. The first kappa shape index (κ1) is 16.3. The first-order valence-electron chi connectivity index (χ1n) is 8.05. The van der Waals surface area contributed by atoms with Crippen molar-refractivity contribution in [1.29, 1.82) is 0 Å². The molecule has 0 atom stereocenters. The molecule has 0 aliphatic heterocycles. The number of thioether (sulfide) groups is 1. The number of aromatic nitrogens is 4. The number of anilines is 1. The van der Waals surface area contributed by atoms with Gasteiger partial charge in [0.05, 0.1) is 11.4 Å². The van der Waals surface area contributed by atoms with E-state index in [-0.39, 0.29) is 11.7 Å². The van der Waals surface area contributed by atoms with Crippen molar-refractivity contribution in [2.75, 3.05) is 11.1 Å². The largest absolute Gasteiger partial charge is 0.325 e. The van der Waals surface area contributed by atoms with Crippen LogP contribution in [0.3, 0.4) is 0 Å². The summed E-state index contributed by atoms with van der Waals surface area (Å²) in [5.41, 5.74) is 1.63. The number of fused-ring (bicyclic) bond motifs is 1. The van der Waals surface area contributed by atoms with Gasteiger partial charge in [0.15, 0.2) is 0 Å². The Bertz CT molecular complexity index is 1050. The number of benzene rings is 3. The Balaban J connectivity index is 1.42. The summed E-state index contributed by atoms with van der Waals surface area (Å²) < 4.78 is 1.62. The Kier molecular flexibility index (Phi) is 4.61. The quantitative estimate of drug-likeness (QED) is 0.550. The molecule has 4 aromatic rings. The highest BCUT2D eigenvalue weighted by Gasteiger charge is 2.11. The van der Waals surface area contributed by atoms with Crippen LogP contribution in [0.25, 0.3) is 16.5 Å². The molecule has 0 saturated carbocycles. The van der Waals surface area contributed by atoms with Gasteiger partial charge in [-0.1, -0.05) is 60.3 Å². The van der Waals surface area contributed by atoms with E-state index in [2.05, 4.69) is 20.8 Å². The third kappa shape index (κ3) is 3.57. The van der Waals surface area contributed by atoms with Crippen molar-refractivity contribution in [3.63, 3.8) is 0 Å². The lowest BCUT2D eigenvalue weighted by atomic mass is 10.1. The smallest absolute Gasteiger partial charge is 0.234 e. The summed E-state index contributed by atoms with van der Waals surface area (Å²) in [6.45, 7) is 0. The zero-order chi connectivity index (χ0) is 17.8. The highest BCUT2D eigenvalue weighted by atomic mass is 32.2. The molecule has 3 aromatic carbocycles. The second-order valence-electron chi connectivity index (χ2n) is 5.61. The molecule has 26 heavy (non-hydrogen) atoms. The van der Waals surface area contributed by atoms with Crippen LogP contribution in [0.5, 0.6) is 0 Å². The second-order valence-corrected chi connectivity index (χ2v) is 6.55. The summed E-state index contributed by atoms with van der Waals surface area (Å²) in [6, 6.07) is 23.5. The van der Waals surface area contributed by atoms with Crippen LogP contribution in [0.2, 0.25) is 0 Å². The van der Waals surface area contributed by atoms with Crippen LogP contribution in [0.15, 0.2) is 78.0 Å². The van der Waals surface area contributed by atoms with Gasteiger partial charge >= 0.3 is 0 Å². The first-order valence-corrected chi connectivity index (χ1v) is 9.03. The molecular formula is C19H15N5OS. The van der Waals surface area contributed by atoms with E-state index in [4.69, 9.17) is 0 Å². The molecule has 4 rings (SSSR count). The summed E-state index contributed by atoms with van der Waals surface area (Å²) >= 11 is 1.29. The van der Waals surface area contributed by atoms with Gasteiger partial charge in [-0.2, -0.15) is 4.68 Å². The molecule has 128 valence electrons. The van der Waals surface area contributed by atoms with Gasteiger partial charge in [0.2, 0.25) is 11.1 Å². The lowest BCUT2D eigenvalue weighted by molar-refractivity contribution is -0.113. The van der Waals surface area contributed by atoms with Crippen LogP contribution in [-0.2, 0) is 4.79 Å². The average molecular weight is 361 g/mol. The minimum Gasteiger partial charge on any atom is -0.325 e. The molecule has 1 heterocycles. The number of nitrogens with one attached hydrogen (secondary N) is 1. The van der Waals surface area contributed by atoms with E-state index in [0.29, 0.717) is 5.16 Å². The van der Waals surface area contributed by atoms with E-state index in [1.54, 1.807) is 4.68 Å². The topological polar surface area (TPSA) is 72.7 Å². The molecule has 0 radical (unpaired) electrons. The molecule has 7 heteroatoms. The number of carbonyl (C=O) groups is 1. The number of tetrazole rings is 1. The Labute approximate surface area is 154 Å². The summed E-state index contributed by atoms with van der Waals surface area (Å²) in [5.74, 6) is 0.118. The zero-order valence-corrected chi connectivity index (χ0v) is 14.6. The Morgan fingerprint density at radius 1 is 0.962 bits per heavy atom. The summed E-state index contributed by atoms with van der Waals surface area (Å²) in [5, 5.41) is 17.4. The maximum Gasteiger partial charge on any atom is 0.234 e. The van der Waals surface area contributed by atoms with Crippen molar-refractivity contribution >= 4 is 34.1 Å². The molecule has 6 nitrogen and oxygen atoms in total. The average Bonchev–Trinajstić information content (AvgIpc) is 3.16. The molecule has 0 fully saturated rings. The molecule has 0 aliphatic rings. The Morgan fingerprint density at radius 2 is 1.73 bits per heavy atom. The Hall–Kier alpha value is -3.19. The minimum atomic E-state index is -0.104. The van der Waals surface area contributed by atoms with Crippen LogP contribution in [-0.4, -0.2) is 31.9 Å². The van der Waals surface area contributed by atoms with Crippen molar-refractivity contribution in [1.82, 2.24) is 20.2 Å². The highest BCUT2D eigenvalue weighted by molar-refractivity contribution is 7.99. The van der Waals surface area contributed by atoms with Crippen LogP contribution < -0.4 is 5.32 Å². The van der Waals surface area contributed by atoms with E-state index in [1.165, 1.54) is 11.8 Å². The standard InChI is InChI=1S/C19H15N5OS/c25-18(20-16-11-10-14-6-4-5-7-15(14)12-16)13-26-19-21-22-23-24(19)17-8-2-1-3-9-17/h1-12H,13H2,(H,20,25). The van der Waals surface area contributed by atoms with Crippen LogP contribution in [0.4, 0.5) is 5.69 Å². The van der Waals surface area contributed by atoms with Crippen LogP contribution in [0.1, 0.15) is 0 Å². The van der Waals surface area contributed by atoms with Gasteiger partial charge in [0, 0.05) is 5.69 Å². The third-order valence-corrected chi connectivity index (χ3v) is 4.73. The molecule has 1 N–H and O–H groups in total. The third-order valence-electron chi connectivity index (χ3n) is 3.81. The lowest BCUT2D eigenvalue weighted by Crippen LogP contribution is -2.14. The molecule has 0 unspecified atom stereocenters. The second kappa shape index (κ2) is 7.37. The lowest BCUT2D eigenvalue weighted by Gasteiger charge is -2.07. The molecule has 0 spiro atoms. The van der Waals surface area contributed by atoms with Crippen molar-refractivity contribution in [3.8, 4) is 5.69 Å². The molecule has 1 amide bonds. The molecular weight excluding hydrogens is 346 g/mol. The number of hydrogen-bond donors (Lipinski definition) is 1. The maximum absolute atomic E-state index is 12.3. The van der Waals surface area contributed by atoms with Crippen molar-refractivity contribution < 1.29 is 4.79 Å². The van der Waals surface area contributed by atoms with Gasteiger partial charge in [-0.15, -0.1) is 5.10 Å². The maximum atomic E-state index is 12.3. The van der Waals surface area contributed by atoms with Crippen molar-refractivity contribution in [2.45, 2.75) is 5.16 Å². The molecule has 1 aromatic heterocycles.